The predicted molar refractivity (Wildman–Crippen MR) is 73.5 cm³/mol. The summed E-state index contributed by atoms with van der Waals surface area (Å²) in [6, 6.07) is 5.22. The summed E-state index contributed by atoms with van der Waals surface area (Å²) < 4.78 is 18.5. The molecule has 3 heteroatoms. The van der Waals surface area contributed by atoms with Crippen LogP contribution in [0.4, 0.5) is 4.39 Å². The zero-order valence-corrected chi connectivity index (χ0v) is 11.8. The Kier molecular flexibility index (Phi) is 6.13. The zero-order chi connectivity index (χ0) is 13.5. The largest absolute Gasteiger partial charge is 0.494 e. The van der Waals surface area contributed by atoms with Crippen LogP contribution in [0.3, 0.4) is 0 Å². The molecule has 0 fully saturated rings. The molecule has 0 aromatic heterocycles. The fourth-order valence-corrected chi connectivity index (χ4v) is 1.98. The van der Waals surface area contributed by atoms with Crippen molar-refractivity contribution in [3.05, 3.63) is 29.6 Å². The minimum absolute atomic E-state index is 0.276. The van der Waals surface area contributed by atoms with Crippen LogP contribution >= 0.6 is 0 Å². The monoisotopic (exact) mass is 253 g/mol. The standard InChI is InChI=1S/C15H24FNO/c1-5-17-10-12(3)11(2)8-13-6-7-15(18-4)14(16)9-13/h6-7,9,11-12,17H,5,8,10H2,1-4H3. The first-order chi connectivity index (χ1) is 8.58. The first kappa shape index (κ1) is 15.0. The van der Waals surface area contributed by atoms with E-state index >= 15 is 0 Å². The summed E-state index contributed by atoms with van der Waals surface area (Å²) in [5.74, 6) is 1.14. The van der Waals surface area contributed by atoms with Gasteiger partial charge < -0.3 is 10.1 Å². The molecule has 0 aliphatic heterocycles. The van der Waals surface area contributed by atoms with Gasteiger partial charge in [0.25, 0.3) is 0 Å². The molecule has 0 amide bonds. The third kappa shape index (κ3) is 4.30. The Morgan fingerprint density at radius 3 is 2.56 bits per heavy atom. The molecule has 0 radical (unpaired) electrons. The van der Waals surface area contributed by atoms with E-state index < -0.39 is 0 Å². The Hall–Kier alpha value is -1.09. The van der Waals surface area contributed by atoms with Crippen molar-refractivity contribution in [1.82, 2.24) is 5.32 Å². The predicted octanol–water partition coefficient (Wildman–Crippen LogP) is 3.26. The quantitative estimate of drug-likeness (QED) is 0.805. The van der Waals surface area contributed by atoms with Gasteiger partial charge in [-0.3, -0.25) is 0 Å². The first-order valence-electron chi connectivity index (χ1n) is 6.61. The Balaban J connectivity index is 2.58. The lowest BCUT2D eigenvalue weighted by molar-refractivity contribution is 0.365. The zero-order valence-electron chi connectivity index (χ0n) is 11.8. The topological polar surface area (TPSA) is 21.3 Å². The van der Waals surface area contributed by atoms with Crippen molar-refractivity contribution in [2.45, 2.75) is 27.2 Å². The van der Waals surface area contributed by atoms with E-state index in [-0.39, 0.29) is 5.82 Å². The van der Waals surface area contributed by atoms with E-state index in [1.807, 2.05) is 6.07 Å². The fraction of sp³-hybridized carbons (Fsp3) is 0.600. The summed E-state index contributed by atoms with van der Waals surface area (Å²) in [6.45, 7) is 8.55. The van der Waals surface area contributed by atoms with Crippen LogP contribution in [0.5, 0.6) is 5.75 Å². The van der Waals surface area contributed by atoms with Crippen LogP contribution in [0.25, 0.3) is 0 Å². The third-order valence-electron chi connectivity index (χ3n) is 3.46. The number of rotatable bonds is 7. The molecule has 1 aromatic rings. The van der Waals surface area contributed by atoms with Crippen molar-refractivity contribution in [3.63, 3.8) is 0 Å². The number of benzene rings is 1. The summed E-state index contributed by atoms with van der Waals surface area (Å²) in [5.41, 5.74) is 1.03. The lowest BCUT2D eigenvalue weighted by Gasteiger charge is -2.20. The molecule has 18 heavy (non-hydrogen) atoms. The minimum atomic E-state index is -0.276. The van der Waals surface area contributed by atoms with Crippen LogP contribution < -0.4 is 10.1 Å². The average molecular weight is 253 g/mol. The molecule has 1 N–H and O–H groups in total. The molecule has 102 valence electrons. The number of methoxy groups -OCH3 is 1. The lowest BCUT2D eigenvalue weighted by Crippen LogP contribution is -2.25. The first-order valence-corrected chi connectivity index (χ1v) is 6.61. The second kappa shape index (κ2) is 7.37. The van der Waals surface area contributed by atoms with Gasteiger partial charge in [0.2, 0.25) is 0 Å². The van der Waals surface area contributed by atoms with E-state index in [0.29, 0.717) is 17.6 Å². The summed E-state index contributed by atoms with van der Waals surface area (Å²) in [7, 11) is 1.49. The molecule has 0 saturated heterocycles. The van der Waals surface area contributed by atoms with Gasteiger partial charge in [-0.25, -0.2) is 4.39 Å². The molecule has 2 atom stereocenters. The highest BCUT2D eigenvalue weighted by molar-refractivity contribution is 5.29. The second-order valence-corrected chi connectivity index (χ2v) is 4.94. The van der Waals surface area contributed by atoms with E-state index in [1.165, 1.54) is 7.11 Å². The van der Waals surface area contributed by atoms with Crippen LogP contribution in [0, 0.1) is 17.7 Å². The Morgan fingerprint density at radius 2 is 2.00 bits per heavy atom. The number of halogens is 1. The third-order valence-corrected chi connectivity index (χ3v) is 3.46. The molecule has 0 bridgehead atoms. The van der Waals surface area contributed by atoms with Gasteiger partial charge in [0.05, 0.1) is 7.11 Å². The van der Waals surface area contributed by atoms with Crippen LogP contribution in [0.2, 0.25) is 0 Å². The van der Waals surface area contributed by atoms with Crippen molar-refractivity contribution in [2.24, 2.45) is 11.8 Å². The lowest BCUT2D eigenvalue weighted by atomic mass is 9.89. The maximum absolute atomic E-state index is 13.6. The normalized spacial score (nSPS) is 14.3. The van der Waals surface area contributed by atoms with E-state index in [4.69, 9.17) is 4.74 Å². The SMILES string of the molecule is CCNCC(C)C(C)Cc1ccc(OC)c(F)c1. The summed E-state index contributed by atoms with van der Waals surface area (Å²) >= 11 is 0. The maximum Gasteiger partial charge on any atom is 0.165 e. The van der Waals surface area contributed by atoms with E-state index in [1.54, 1.807) is 12.1 Å². The van der Waals surface area contributed by atoms with Crippen LogP contribution in [0.1, 0.15) is 26.3 Å². The Morgan fingerprint density at radius 1 is 1.28 bits per heavy atom. The summed E-state index contributed by atoms with van der Waals surface area (Å²) in [4.78, 5) is 0. The number of hydrogen-bond acceptors (Lipinski definition) is 2. The van der Waals surface area contributed by atoms with Gasteiger partial charge in [-0.2, -0.15) is 0 Å². The highest BCUT2D eigenvalue weighted by Gasteiger charge is 2.13. The Bertz CT molecular complexity index is 368. The molecular weight excluding hydrogens is 229 g/mol. The molecule has 0 aliphatic carbocycles. The van der Waals surface area contributed by atoms with Crippen LogP contribution in [0.15, 0.2) is 18.2 Å². The van der Waals surface area contributed by atoms with Crippen molar-refractivity contribution >= 4 is 0 Å². The average Bonchev–Trinajstić information content (AvgIpc) is 2.36. The fourth-order valence-electron chi connectivity index (χ4n) is 1.98. The molecule has 1 rings (SSSR count). The van der Waals surface area contributed by atoms with Gasteiger partial charge in [-0.15, -0.1) is 0 Å². The molecular formula is C15H24FNO. The summed E-state index contributed by atoms with van der Waals surface area (Å²) in [6.07, 6.45) is 0.896. The molecule has 2 unspecified atom stereocenters. The van der Waals surface area contributed by atoms with Crippen molar-refractivity contribution in [2.75, 3.05) is 20.2 Å². The van der Waals surface area contributed by atoms with Crippen molar-refractivity contribution in [1.29, 1.82) is 0 Å². The number of hydrogen-bond donors (Lipinski definition) is 1. The van der Waals surface area contributed by atoms with E-state index in [0.717, 1.165) is 25.1 Å². The van der Waals surface area contributed by atoms with Gasteiger partial charge in [-0.05, 0) is 49.0 Å². The Labute approximate surface area is 110 Å². The number of nitrogens with one attached hydrogen (secondary N) is 1. The van der Waals surface area contributed by atoms with E-state index in [2.05, 4.69) is 26.1 Å². The van der Waals surface area contributed by atoms with E-state index in [9.17, 15) is 4.39 Å². The molecule has 0 saturated carbocycles. The maximum atomic E-state index is 13.6. The smallest absolute Gasteiger partial charge is 0.165 e. The molecule has 0 aliphatic rings. The van der Waals surface area contributed by atoms with Crippen LogP contribution in [-0.4, -0.2) is 20.2 Å². The van der Waals surface area contributed by atoms with Gasteiger partial charge in [0.15, 0.2) is 11.6 Å². The second-order valence-electron chi connectivity index (χ2n) is 4.94. The molecule has 0 spiro atoms. The summed E-state index contributed by atoms with van der Waals surface area (Å²) in [5, 5.41) is 3.35. The van der Waals surface area contributed by atoms with Gasteiger partial charge in [0.1, 0.15) is 0 Å². The highest BCUT2D eigenvalue weighted by Crippen LogP contribution is 2.22. The number of ether oxygens (including phenoxy) is 1. The van der Waals surface area contributed by atoms with Gasteiger partial charge in [-0.1, -0.05) is 26.8 Å². The van der Waals surface area contributed by atoms with Crippen molar-refractivity contribution in [3.8, 4) is 5.75 Å². The molecule has 2 nitrogen and oxygen atoms in total. The minimum Gasteiger partial charge on any atom is -0.494 e. The van der Waals surface area contributed by atoms with Gasteiger partial charge >= 0.3 is 0 Å². The highest BCUT2D eigenvalue weighted by atomic mass is 19.1. The molecule has 1 aromatic carbocycles. The van der Waals surface area contributed by atoms with Crippen molar-refractivity contribution < 1.29 is 9.13 Å². The van der Waals surface area contributed by atoms with Crippen LogP contribution in [-0.2, 0) is 6.42 Å². The van der Waals surface area contributed by atoms with Gasteiger partial charge in [0, 0.05) is 0 Å². The molecule has 0 heterocycles.